The number of benzene rings is 2. The Morgan fingerprint density at radius 3 is 2.17 bits per heavy atom. The molecule has 0 bridgehead atoms. The molecule has 1 unspecified atom stereocenters. The van der Waals surface area contributed by atoms with Crippen LogP contribution in [0.3, 0.4) is 0 Å². The monoisotopic (exact) mass is 322 g/mol. The summed E-state index contributed by atoms with van der Waals surface area (Å²) >= 11 is 0. The fourth-order valence-corrected chi connectivity index (χ4v) is 3.17. The summed E-state index contributed by atoms with van der Waals surface area (Å²) in [5.41, 5.74) is 4.31. The molecule has 0 N–H and O–H groups in total. The van der Waals surface area contributed by atoms with Gasteiger partial charge in [-0.1, -0.05) is 30.4 Å². The van der Waals surface area contributed by atoms with Gasteiger partial charge in [0, 0.05) is 11.0 Å². The van der Waals surface area contributed by atoms with Gasteiger partial charge in [0.15, 0.2) is 0 Å². The molecule has 3 nitrogen and oxygen atoms in total. The first-order chi connectivity index (χ1) is 11.6. The van der Waals surface area contributed by atoms with E-state index in [0.717, 1.165) is 28.2 Å². The van der Waals surface area contributed by atoms with Crippen LogP contribution in [0.25, 0.3) is 11.6 Å². The highest BCUT2D eigenvalue weighted by Crippen LogP contribution is 2.45. The quantitative estimate of drug-likeness (QED) is 0.765. The zero-order valence-corrected chi connectivity index (χ0v) is 14.5. The van der Waals surface area contributed by atoms with Gasteiger partial charge >= 0.3 is 0 Å². The van der Waals surface area contributed by atoms with E-state index in [2.05, 4.69) is 37.3 Å². The Kier molecular flexibility index (Phi) is 4.34. The largest absolute Gasteiger partial charge is 0.504 e. The standard InChI is InChI=1S/C21H22O3/c1-21(16-5-7-17(23-3)8-6-16)12-11-15-13-18(24-4)9-10-19(15)20(21)14-22-2/h5-14H,1-4H3/b20-14+. The van der Waals surface area contributed by atoms with Gasteiger partial charge in [0.1, 0.15) is 11.5 Å². The van der Waals surface area contributed by atoms with E-state index in [1.807, 2.05) is 30.5 Å². The molecule has 0 fully saturated rings. The number of fused-ring (bicyclic) bond motifs is 1. The minimum absolute atomic E-state index is 0.274. The molecule has 0 heterocycles. The first-order valence-electron chi connectivity index (χ1n) is 7.88. The molecule has 24 heavy (non-hydrogen) atoms. The van der Waals surface area contributed by atoms with Gasteiger partial charge in [-0.2, -0.15) is 0 Å². The van der Waals surface area contributed by atoms with Gasteiger partial charge in [-0.05, 0) is 47.9 Å². The van der Waals surface area contributed by atoms with Crippen molar-refractivity contribution in [1.82, 2.24) is 0 Å². The van der Waals surface area contributed by atoms with Crippen LogP contribution in [0.5, 0.6) is 11.5 Å². The van der Waals surface area contributed by atoms with Gasteiger partial charge in [-0.25, -0.2) is 0 Å². The molecule has 1 atom stereocenters. The second kappa shape index (κ2) is 6.44. The molecule has 1 aliphatic rings. The third-order valence-electron chi connectivity index (χ3n) is 4.63. The Hall–Kier alpha value is -2.68. The molecule has 2 aromatic rings. The van der Waals surface area contributed by atoms with Crippen molar-refractivity contribution >= 4 is 11.6 Å². The summed E-state index contributed by atoms with van der Waals surface area (Å²) in [6.07, 6.45) is 6.19. The highest BCUT2D eigenvalue weighted by molar-refractivity contribution is 5.87. The fraction of sp³-hybridized carbons (Fsp3) is 0.238. The molecule has 2 aromatic carbocycles. The van der Waals surface area contributed by atoms with Crippen LogP contribution in [-0.2, 0) is 10.2 Å². The molecular formula is C21H22O3. The van der Waals surface area contributed by atoms with E-state index in [0.29, 0.717) is 0 Å². The topological polar surface area (TPSA) is 27.7 Å². The van der Waals surface area contributed by atoms with Crippen molar-refractivity contribution in [2.75, 3.05) is 21.3 Å². The number of allylic oxidation sites excluding steroid dienone is 2. The number of ether oxygens (including phenoxy) is 3. The van der Waals surface area contributed by atoms with Crippen molar-refractivity contribution in [3.05, 3.63) is 71.5 Å². The second-order valence-corrected chi connectivity index (χ2v) is 5.98. The van der Waals surface area contributed by atoms with Gasteiger partial charge < -0.3 is 14.2 Å². The van der Waals surface area contributed by atoms with Crippen molar-refractivity contribution in [1.29, 1.82) is 0 Å². The van der Waals surface area contributed by atoms with Crippen LogP contribution >= 0.6 is 0 Å². The Bertz CT molecular complexity index is 787. The molecule has 0 spiro atoms. The molecule has 3 heteroatoms. The number of hydrogen-bond acceptors (Lipinski definition) is 3. The number of methoxy groups -OCH3 is 3. The van der Waals surface area contributed by atoms with Gasteiger partial charge in [-0.15, -0.1) is 0 Å². The molecule has 0 aromatic heterocycles. The van der Waals surface area contributed by atoms with E-state index in [1.54, 1.807) is 21.3 Å². The van der Waals surface area contributed by atoms with Crippen molar-refractivity contribution in [3.63, 3.8) is 0 Å². The minimum Gasteiger partial charge on any atom is -0.504 e. The van der Waals surface area contributed by atoms with Crippen LogP contribution in [0.1, 0.15) is 23.6 Å². The van der Waals surface area contributed by atoms with Crippen molar-refractivity contribution in [2.45, 2.75) is 12.3 Å². The number of rotatable bonds is 4. The first-order valence-corrected chi connectivity index (χ1v) is 7.88. The fourth-order valence-electron chi connectivity index (χ4n) is 3.17. The Balaban J connectivity index is 2.12. The lowest BCUT2D eigenvalue weighted by atomic mass is 9.69. The normalized spacial score (nSPS) is 20.6. The van der Waals surface area contributed by atoms with Crippen LogP contribution in [-0.4, -0.2) is 21.3 Å². The zero-order chi connectivity index (χ0) is 17.2. The summed E-state index contributed by atoms with van der Waals surface area (Å²) in [5, 5.41) is 0. The summed E-state index contributed by atoms with van der Waals surface area (Å²) in [4.78, 5) is 0. The second-order valence-electron chi connectivity index (χ2n) is 5.98. The lowest BCUT2D eigenvalue weighted by Gasteiger charge is -2.34. The molecule has 3 rings (SSSR count). The van der Waals surface area contributed by atoms with E-state index >= 15 is 0 Å². The SMILES string of the molecule is CO/C=C1\c2ccc(OC)cc2C=CC1(C)c1ccc(OC)cc1. The lowest BCUT2D eigenvalue weighted by Crippen LogP contribution is -2.24. The van der Waals surface area contributed by atoms with Crippen LogP contribution < -0.4 is 9.47 Å². The maximum absolute atomic E-state index is 5.40. The van der Waals surface area contributed by atoms with Gasteiger partial charge in [0.05, 0.1) is 27.6 Å². The predicted octanol–water partition coefficient (Wildman–Crippen LogP) is 4.68. The smallest absolute Gasteiger partial charge is 0.119 e. The van der Waals surface area contributed by atoms with E-state index in [4.69, 9.17) is 14.2 Å². The molecule has 0 aliphatic heterocycles. The van der Waals surface area contributed by atoms with Gasteiger partial charge in [-0.3, -0.25) is 0 Å². The molecule has 124 valence electrons. The lowest BCUT2D eigenvalue weighted by molar-refractivity contribution is 0.337. The summed E-state index contributed by atoms with van der Waals surface area (Å²) in [5.74, 6) is 1.70. The summed E-state index contributed by atoms with van der Waals surface area (Å²) in [6, 6.07) is 14.3. The molecule has 0 amide bonds. The van der Waals surface area contributed by atoms with Gasteiger partial charge in [0.2, 0.25) is 0 Å². The van der Waals surface area contributed by atoms with Crippen molar-refractivity contribution in [3.8, 4) is 11.5 Å². The maximum atomic E-state index is 5.40. The first kappa shape index (κ1) is 16.2. The highest BCUT2D eigenvalue weighted by Gasteiger charge is 2.33. The molecule has 1 aliphatic carbocycles. The Labute approximate surface area is 143 Å². The predicted molar refractivity (Wildman–Crippen MR) is 97.4 cm³/mol. The van der Waals surface area contributed by atoms with Gasteiger partial charge in [0.25, 0.3) is 0 Å². The van der Waals surface area contributed by atoms with Crippen LogP contribution in [0.4, 0.5) is 0 Å². The summed E-state index contributed by atoms with van der Waals surface area (Å²) in [7, 11) is 5.04. The Morgan fingerprint density at radius 2 is 1.54 bits per heavy atom. The maximum Gasteiger partial charge on any atom is 0.119 e. The average Bonchev–Trinajstić information content (AvgIpc) is 2.64. The molecule has 0 saturated carbocycles. The molecule has 0 saturated heterocycles. The van der Waals surface area contributed by atoms with E-state index < -0.39 is 0 Å². The van der Waals surface area contributed by atoms with Crippen LogP contribution in [0, 0.1) is 0 Å². The highest BCUT2D eigenvalue weighted by atomic mass is 16.5. The minimum atomic E-state index is -0.274. The third-order valence-corrected chi connectivity index (χ3v) is 4.63. The molecule has 0 radical (unpaired) electrons. The van der Waals surface area contributed by atoms with Crippen molar-refractivity contribution in [2.24, 2.45) is 0 Å². The van der Waals surface area contributed by atoms with E-state index in [1.165, 1.54) is 5.56 Å². The average molecular weight is 322 g/mol. The third kappa shape index (κ3) is 2.67. The van der Waals surface area contributed by atoms with Crippen molar-refractivity contribution < 1.29 is 14.2 Å². The Morgan fingerprint density at radius 1 is 0.875 bits per heavy atom. The zero-order valence-electron chi connectivity index (χ0n) is 14.5. The summed E-state index contributed by atoms with van der Waals surface area (Å²) in [6.45, 7) is 2.20. The summed E-state index contributed by atoms with van der Waals surface area (Å²) < 4.78 is 16.0. The van der Waals surface area contributed by atoms with E-state index in [9.17, 15) is 0 Å². The van der Waals surface area contributed by atoms with Crippen LogP contribution in [0.2, 0.25) is 0 Å². The number of hydrogen-bond donors (Lipinski definition) is 0. The van der Waals surface area contributed by atoms with Crippen LogP contribution in [0.15, 0.2) is 54.8 Å². The molecular weight excluding hydrogens is 300 g/mol. The van der Waals surface area contributed by atoms with E-state index in [-0.39, 0.29) is 5.41 Å².